The zero-order valence-corrected chi connectivity index (χ0v) is 8.54. The number of nitrogens with two attached hydrogens (primary N) is 1. The van der Waals surface area contributed by atoms with E-state index in [-0.39, 0.29) is 4.58 Å². The highest BCUT2D eigenvalue weighted by Crippen LogP contribution is 2.06. The summed E-state index contributed by atoms with van der Waals surface area (Å²) in [5.41, 5.74) is 5.28. The minimum atomic E-state index is -0.991. The number of hydrogen-bond acceptors (Lipinski definition) is 3. The lowest BCUT2D eigenvalue weighted by molar-refractivity contribution is 0.663. The molecule has 0 saturated heterocycles. The van der Waals surface area contributed by atoms with Crippen molar-refractivity contribution < 1.29 is 8.42 Å². The second-order valence-electron chi connectivity index (χ2n) is 2.36. The van der Waals surface area contributed by atoms with Crippen molar-refractivity contribution >= 4 is 21.6 Å². The Morgan fingerprint density at radius 2 is 1.73 bits per heavy atom. The van der Waals surface area contributed by atoms with Gasteiger partial charge in [-0.05, 0) is 19.4 Å². The number of rotatable bonds is 5. The minimum Gasteiger partial charge on any atom is -0.330 e. The van der Waals surface area contributed by atoms with E-state index >= 15 is 0 Å². The molecule has 3 nitrogen and oxygen atoms in total. The molecule has 5 heteroatoms. The zero-order chi connectivity index (χ0) is 8.85. The van der Waals surface area contributed by atoms with Gasteiger partial charge in [-0.1, -0.05) is 0 Å². The summed E-state index contributed by atoms with van der Waals surface area (Å²) >= 11 is 0. The van der Waals surface area contributed by atoms with Gasteiger partial charge >= 0.3 is 0 Å². The van der Waals surface area contributed by atoms with Crippen LogP contribution in [-0.2, 0) is 21.6 Å². The van der Waals surface area contributed by atoms with Gasteiger partial charge in [0.1, 0.15) is 4.58 Å². The smallest absolute Gasteiger partial charge is 0.109 e. The first-order valence-corrected chi connectivity index (χ1v) is 6.68. The van der Waals surface area contributed by atoms with Crippen LogP contribution in [0.2, 0.25) is 0 Å². The van der Waals surface area contributed by atoms with Crippen LogP contribution >= 0.6 is 0 Å². The van der Waals surface area contributed by atoms with Gasteiger partial charge in [0, 0.05) is 34.1 Å². The Bertz CT molecular complexity index is 147. The van der Waals surface area contributed by atoms with Crippen molar-refractivity contribution in [1.29, 1.82) is 0 Å². The molecule has 11 heavy (non-hydrogen) atoms. The second-order valence-corrected chi connectivity index (χ2v) is 5.79. The van der Waals surface area contributed by atoms with E-state index in [4.69, 9.17) is 5.73 Å². The van der Waals surface area contributed by atoms with Gasteiger partial charge in [0.05, 0.1) is 0 Å². The molecule has 0 aromatic heterocycles. The van der Waals surface area contributed by atoms with Gasteiger partial charge in [0.25, 0.3) is 0 Å². The van der Waals surface area contributed by atoms with Crippen molar-refractivity contribution in [3.8, 4) is 0 Å². The molecule has 0 saturated carbocycles. The lowest BCUT2D eigenvalue weighted by Crippen LogP contribution is -2.20. The van der Waals surface area contributed by atoms with Gasteiger partial charge in [-0.2, -0.15) is 0 Å². The van der Waals surface area contributed by atoms with Crippen molar-refractivity contribution in [2.24, 2.45) is 5.73 Å². The van der Waals surface area contributed by atoms with Crippen molar-refractivity contribution in [2.75, 3.05) is 19.1 Å². The summed E-state index contributed by atoms with van der Waals surface area (Å²) in [7, 11) is -1.98. The Morgan fingerprint density at radius 1 is 1.27 bits per heavy atom. The Kier molecular flexibility index (Phi) is 5.99. The van der Waals surface area contributed by atoms with E-state index in [1.807, 2.05) is 0 Å². The predicted molar refractivity (Wildman–Crippen MR) is 50.2 cm³/mol. The molecule has 0 aliphatic rings. The molecule has 2 unspecified atom stereocenters. The number of hydrogen-bond donors (Lipinski definition) is 1. The summed E-state index contributed by atoms with van der Waals surface area (Å²) in [6.45, 7) is 0.574. The van der Waals surface area contributed by atoms with Crippen LogP contribution in [0, 0.1) is 0 Å². The molecule has 0 heterocycles. The maximum Gasteiger partial charge on any atom is 0.109 e. The van der Waals surface area contributed by atoms with Gasteiger partial charge in [-0.25, -0.2) is 0 Å². The van der Waals surface area contributed by atoms with Crippen molar-refractivity contribution in [3.63, 3.8) is 0 Å². The molecule has 0 radical (unpaired) electrons. The van der Waals surface area contributed by atoms with Crippen LogP contribution in [0.25, 0.3) is 0 Å². The van der Waals surface area contributed by atoms with E-state index in [2.05, 4.69) is 0 Å². The highest BCUT2D eigenvalue weighted by molar-refractivity contribution is 8.02. The SMILES string of the molecule is CS(=O)C(CCCN)S(C)=O. The summed E-state index contributed by atoms with van der Waals surface area (Å²) in [6.07, 6.45) is 4.66. The van der Waals surface area contributed by atoms with E-state index < -0.39 is 21.6 Å². The Hall–Kier alpha value is 0.260. The molecule has 0 aromatic rings. The summed E-state index contributed by atoms with van der Waals surface area (Å²) < 4.78 is 21.7. The molecule has 0 rings (SSSR count). The largest absolute Gasteiger partial charge is 0.330 e. The quantitative estimate of drug-likeness (QED) is 0.664. The fourth-order valence-corrected chi connectivity index (χ4v) is 3.33. The Morgan fingerprint density at radius 3 is 2.00 bits per heavy atom. The molecule has 0 amide bonds. The van der Waals surface area contributed by atoms with E-state index in [0.29, 0.717) is 13.0 Å². The van der Waals surface area contributed by atoms with Crippen molar-refractivity contribution in [3.05, 3.63) is 0 Å². The molecule has 2 atom stereocenters. The van der Waals surface area contributed by atoms with Gasteiger partial charge < -0.3 is 5.73 Å². The zero-order valence-electron chi connectivity index (χ0n) is 6.91. The topological polar surface area (TPSA) is 60.2 Å². The lowest BCUT2D eigenvalue weighted by Gasteiger charge is -2.09. The molecule has 0 bridgehead atoms. The normalized spacial score (nSPS) is 19.2. The average molecular weight is 197 g/mol. The lowest BCUT2D eigenvalue weighted by atomic mass is 10.3. The van der Waals surface area contributed by atoms with Crippen LogP contribution in [0.15, 0.2) is 0 Å². The predicted octanol–water partition coefficient (Wildman–Crippen LogP) is -0.192. The van der Waals surface area contributed by atoms with Crippen molar-refractivity contribution in [2.45, 2.75) is 17.4 Å². The summed E-state index contributed by atoms with van der Waals surface area (Å²) in [4.78, 5) is 0. The van der Waals surface area contributed by atoms with Crippen LogP contribution in [0.1, 0.15) is 12.8 Å². The molecule has 68 valence electrons. The molecular formula is C6H15NO2S2. The third-order valence-electron chi connectivity index (χ3n) is 1.38. The van der Waals surface area contributed by atoms with Crippen molar-refractivity contribution in [1.82, 2.24) is 0 Å². The first-order chi connectivity index (χ1) is 5.09. The summed E-state index contributed by atoms with van der Waals surface area (Å²) in [6, 6.07) is 0. The fraction of sp³-hybridized carbons (Fsp3) is 1.00. The minimum absolute atomic E-state index is 0.196. The third-order valence-corrected chi connectivity index (χ3v) is 4.96. The van der Waals surface area contributed by atoms with Crippen LogP contribution in [0.3, 0.4) is 0 Å². The highest BCUT2D eigenvalue weighted by atomic mass is 32.2. The van der Waals surface area contributed by atoms with Crippen LogP contribution in [0.4, 0.5) is 0 Å². The van der Waals surface area contributed by atoms with Gasteiger partial charge in [0.15, 0.2) is 0 Å². The molecule has 0 aromatic carbocycles. The van der Waals surface area contributed by atoms with E-state index in [9.17, 15) is 8.42 Å². The van der Waals surface area contributed by atoms with E-state index in [1.165, 1.54) is 0 Å². The van der Waals surface area contributed by atoms with Gasteiger partial charge in [0.2, 0.25) is 0 Å². The standard InChI is InChI=1S/C6H15NO2S2/c1-10(8)6(11(2)9)4-3-5-7/h6H,3-5,7H2,1-2H3. The van der Waals surface area contributed by atoms with Crippen LogP contribution in [-0.4, -0.2) is 32.1 Å². The Labute approximate surface area is 72.7 Å². The first-order valence-electron chi connectivity index (χ1n) is 3.44. The molecule has 2 N–H and O–H groups in total. The molecule has 0 aliphatic carbocycles. The second kappa shape index (κ2) is 5.85. The molecule has 0 spiro atoms. The molecule has 0 aliphatic heterocycles. The van der Waals surface area contributed by atoms with E-state index in [1.54, 1.807) is 12.5 Å². The maximum atomic E-state index is 11.0. The average Bonchev–Trinajstić information content (AvgIpc) is 1.87. The fourth-order valence-electron chi connectivity index (χ4n) is 0.807. The van der Waals surface area contributed by atoms with Gasteiger partial charge in [-0.15, -0.1) is 0 Å². The first kappa shape index (κ1) is 11.3. The Balaban J connectivity index is 3.90. The molecular weight excluding hydrogens is 182 g/mol. The molecule has 0 fully saturated rings. The van der Waals surface area contributed by atoms with Gasteiger partial charge in [-0.3, -0.25) is 8.42 Å². The van der Waals surface area contributed by atoms with E-state index in [0.717, 1.165) is 6.42 Å². The third kappa shape index (κ3) is 4.66. The maximum absolute atomic E-state index is 11.0. The summed E-state index contributed by atoms with van der Waals surface area (Å²) in [5.74, 6) is 0. The van der Waals surface area contributed by atoms with Crippen LogP contribution in [0.5, 0.6) is 0 Å². The monoisotopic (exact) mass is 197 g/mol. The highest BCUT2D eigenvalue weighted by Gasteiger charge is 2.15. The van der Waals surface area contributed by atoms with Crippen LogP contribution < -0.4 is 5.73 Å². The summed E-state index contributed by atoms with van der Waals surface area (Å²) in [5, 5.41) is 0.